The molecule has 3 nitrogen and oxygen atoms in total. The molecular weight excluding hydrogens is 188 g/mol. The Morgan fingerprint density at radius 1 is 1.46 bits per heavy atom. The molecule has 0 atom stereocenters. The maximum Gasteiger partial charge on any atom is 0.241 e. The lowest BCUT2D eigenvalue weighted by Crippen LogP contribution is -1.93. The fourth-order valence-corrected chi connectivity index (χ4v) is 1.59. The molecule has 0 bridgehead atoms. The Balaban J connectivity index is 2.19. The lowest BCUT2D eigenvalue weighted by atomic mass is 9.99. The van der Waals surface area contributed by atoms with E-state index in [4.69, 9.17) is 16.1 Å². The molecule has 1 aromatic rings. The van der Waals surface area contributed by atoms with Crippen molar-refractivity contribution in [3.63, 3.8) is 0 Å². The van der Waals surface area contributed by atoms with Crippen LogP contribution in [-0.4, -0.2) is 10.1 Å². The zero-order valence-electron chi connectivity index (χ0n) is 7.29. The van der Waals surface area contributed by atoms with E-state index in [1.54, 1.807) is 0 Å². The fourth-order valence-electron chi connectivity index (χ4n) is 1.48. The summed E-state index contributed by atoms with van der Waals surface area (Å²) in [7, 11) is 0. The Labute approximate surface area is 81.8 Å². The van der Waals surface area contributed by atoms with Crippen molar-refractivity contribution in [3.8, 4) is 0 Å². The fraction of sp³-hybridized carbons (Fsp3) is 0.556. The van der Waals surface area contributed by atoms with Crippen LogP contribution < -0.4 is 0 Å². The van der Waals surface area contributed by atoms with Crippen LogP contribution in [0, 0.1) is 0 Å². The Morgan fingerprint density at radius 3 is 3.00 bits per heavy atom. The number of alkyl halides is 1. The largest absolute Gasteiger partial charge is 0.338 e. The van der Waals surface area contributed by atoms with Crippen LogP contribution in [0.5, 0.6) is 0 Å². The quantitative estimate of drug-likeness (QED) is 0.686. The lowest BCUT2D eigenvalue weighted by molar-refractivity contribution is 0.387. The SMILES string of the molecule is ClCc1nc(C2=CCCCC2)no1. The summed E-state index contributed by atoms with van der Waals surface area (Å²) in [6.45, 7) is 0. The monoisotopic (exact) mass is 198 g/mol. The summed E-state index contributed by atoms with van der Waals surface area (Å²) in [5, 5.41) is 3.87. The van der Waals surface area contributed by atoms with Crippen molar-refractivity contribution in [3.05, 3.63) is 17.8 Å². The molecule has 0 saturated heterocycles. The van der Waals surface area contributed by atoms with Gasteiger partial charge in [-0.25, -0.2) is 0 Å². The van der Waals surface area contributed by atoms with Crippen molar-refractivity contribution in [2.75, 3.05) is 0 Å². The minimum absolute atomic E-state index is 0.292. The molecule has 70 valence electrons. The molecule has 0 radical (unpaired) electrons. The van der Waals surface area contributed by atoms with E-state index in [-0.39, 0.29) is 0 Å². The molecule has 1 aliphatic rings. The number of hydrogen-bond donors (Lipinski definition) is 0. The molecule has 1 aromatic heterocycles. The Morgan fingerprint density at radius 2 is 2.38 bits per heavy atom. The van der Waals surface area contributed by atoms with E-state index in [9.17, 15) is 0 Å². The molecule has 0 N–H and O–H groups in total. The van der Waals surface area contributed by atoms with Gasteiger partial charge in [0.15, 0.2) is 5.82 Å². The third-order valence-electron chi connectivity index (χ3n) is 2.16. The van der Waals surface area contributed by atoms with E-state index in [1.165, 1.54) is 18.4 Å². The van der Waals surface area contributed by atoms with Crippen molar-refractivity contribution >= 4 is 17.2 Å². The minimum Gasteiger partial charge on any atom is -0.338 e. The highest BCUT2D eigenvalue weighted by Crippen LogP contribution is 2.24. The van der Waals surface area contributed by atoms with Gasteiger partial charge >= 0.3 is 0 Å². The second-order valence-electron chi connectivity index (χ2n) is 3.12. The first-order chi connectivity index (χ1) is 6.40. The van der Waals surface area contributed by atoms with Gasteiger partial charge in [0.2, 0.25) is 5.89 Å². The van der Waals surface area contributed by atoms with Crippen molar-refractivity contribution in [2.24, 2.45) is 0 Å². The molecule has 0 aromatic carbocycles. The molecule has 0 aliphatic heterocycles. The molecule has 1 aliphatic carbocycles. The molecule has 0 amide bonds. The van der Waals surface area contributed by atoms with Crippen molar-refractivity contribution in [1.82, 2.24) is 10.1 Å². The van der Waals surface area contributed by atoms with E-state index in [1.807, 2.05) is 0 Å². The van der Waals surface area contributed by atoms with Gasteiger partial charge in [-0.2, -0.15) is 4.98 Å². The molecule has 13 heavy (non-hydrogen) atoms. The smallest absolute Gasteiger partial charge is 0.241 e. The summed E-state index contributed by atoms with van der Waals surface area (Å²) < 4.78 is 4.93. The molecule has 0 fully saturated rings. The third kappa shape index (κ3) is 1.91. The summed E-state index contributed by atoms with van der Waals surface area (Å²) >= 11 is 5.56. The maximum absolute atomic E-state index is 5.56. The number of nitrogens with zero attached hydrogens (tertiary/aromatic N) is 2. The molecule has 0 unspecified atom stereocenters. The van der Waals surface area contributed by atoms with Crippen LogP contribution in [0.4, 0.5) is 0 Å². The first kappa shape index (κ1) is 8.75. The van der Waals surface area contributed by atoms with Gasteiger partial charge in [0, 0.05) is 0 Å². The molecular formula is C9H11ClN2O. The van der Waals surface area contributed by atoms with E-state index >= 15 is 0 Å². The molecule has 0 spiro atoms. The van der Waals surface area contributed by atoms with Crippen LogP contribution in [0.2, 0.25) is 0 Å². The Hall–Kier alpha value is -0.830. The number of aromatic nitrogens is 2. The number of rotatable bonds is 2. The summed E-state index contributed by atoms with van der Waals surface area (Å²) in [5.41, 5.74) is 1.20. The summed E-state index contributed by atoms with van der Waals surface area (Å²) in [6.07, 6.45) is 6.86. The topological polar surface area (TPSA) is 38.9 Å². The first-order valence-electron chi connectivity index (χ1n) is 4.48. The van der Waals surface area contributed by atoms with Gasteiger partial charge in [-0.1, -0.05) is 11.2 Å². The molecule has 1 heterocycles. The average Bonchev–Trinajstić information content (AvgIpc) is 2.67. The zero-order valence-corrected chi connectivity index (χ0v) is 8.05. The van der Waals surface area contributed by atoms with Crippen molar-refractivity contribution < 1.29 is 4.52 Å². The normalized spacial score (nSPS) is 17.2. The van der Waals surface area contributed by atoms with Crippen LogP contribution in [0.25, 0.3) is 5.57 Å². The van der Waals surface area contributed by atoms with Gasteiger partial charge in [0.05, 0.1) is 0 Å². The number of halogens is 1. The van der Waals surface area contributed by atoms with Gasteiger partial charge in [-0.15, -0.1) is 11.6 Å². The molecule has 0 saturated carbocycles. The van der Waals surface area contributed by atoms with Gasteiger partial charge in [-0.05, 0) is 31.3 Å². The number of hydrogen-bond acceptors (Lipinski definition) is 3. The maximum atomic E-state index is 5.56. The standard InChI is InChI=1S/C9H11ClN2O/c10-6-8-11-9(12-13-8)7-4-2-1-3-5-7/h4H,1-3,5-6H2. The summed E-state index contributed by atoms with van der Waals surface area (Å²) in [5.74, 6) is 1.51. The van der Waals surface area contributed by atoms with Crippen molar-refractivity contribution in [2.45, 2.75) is 31.6 Å². The molecule has 2 rings (SSSR count). The zero-order chi connectivity index (χ0) is 9.10. The highest BCUT2D eigenvalue weighted by molar-refractivity contribution is 6.16. The van der Waals surface area contributed by atoms with Crippen LogP contribution >= 0.6 is 11.6 Å². The van der Waals surface area contributed by atoms with Gasteiger partial charge in [0.25, 0.3) is 0 Å². The Bertz CT molecular complexity index is 319. The van der Waals surface area contributed by atoms with Crippen LogP contribution in [0.1, 0.15) is 37.4 Å². The second kappa shape index (κ2) is 3.92. The average molecular weight is 199 g/mol. The molecule has 4 heteroatoms. The van der Waals surface area contributed by atoms with Gasteiger partial charge < -0.3 is 4.52 Å². The van der Waals surface area contributed by atoms with E-state index in [2.05, 4.69) is 16.2 Å². The Kier molecular flexibility index (Phi) is 2.64. The van der Waals surface area contributed by atoms with Crippen molar-refractivity contribution in [1.29, 1.82) is 0 Å². The number of allylic oxidation sites excluding steroid dienone is 2. The van der Waals surface area contributed by atoms with Crippen LogP contribution in [0.3, 0.4) is 0 Å². The van der Waals surface area contributed by atoms with E-state index in [0.717, 1.165) is 18.7 Å². The predicted octanol–water partition coefficient (Wildman–Crippen LogP) is 2.77. The van der Waals surface area contributed by atoms with Gasteiger partial charge in [0.1, 0.15) is 5.88 Å². The van der Waals surface area contributed by atoms with Crippen LogP contribution in [0.15, 0.2) is 10.6 Å². The van der Waals surface area contributed by atoms with Crippen LogP contribution in [-0.2, 0) is 5.88 Å². The minimum atomic E-state index is 0.292. The lowest BCUT2D eigenvalue weighted by Gasteiger charge is -2.07. The van der Waals surface area contributed by atoms with E-state index in [0.29, 0.717) is 11.8 Å². The van der Waals surface area contributed by atoms with Gasteiger partial charge in [-0.3, -0.25) is 0 Å². The van der Waals surface area contributed by atoms with E-state index < -0.39 is 0 Å². The highest BCUT2D eigenvalue weighted by atomic mass is 35.5. The first-order valence-corrected chi connectivity index (χ1v) is 5.01. The summed E-state index contributed by atoms with van der Waals surface area (Å²) in [6, 6.07) is 0. The second-order valence-corrected chi connectivity index (χ2v) is 3.39. The summed E-state index contributed by atoms with van der Waals surface area (Å²) in [4.78, 5) is 4.17. The predicted molar refractivity (Wildman–Crippen MR) is 50.3 cm³/mol. The highest BCUT2D eigenvalue weighted by Gasteiger charge is 2.12. The third-order valence-corrected chi connectivity index (χ3v) is 2.39.